The Bertz CT molecular complexity index is 1350. The molecule has 0 bridgehead atoms. The highest BCUT2D eigenvalue weighted by molar-refractivity contribution is 7.89. The number of carbonyl (C=O) groups is 1. The number of ether oxygens (including phenoxy) is 1. The third-order valence-electron chi connectivity index (χ3n) is 4.31. The molecule has 0 aliphatic heterocycles. The van der Waals surface area contributed by atoms with Gasteiger partial charge in [-0.05, 0) is 48.9 Å². The number of aryl methyl sites for hydroxylation is 1. The number of aromatic nitrogens is 1. The van der Waals surface area contributed by atoms with Crippen molar-refractivity contribution in [2.24, 2.45) is 0 Å². The summed E-state index contributed by atoms with van der Waals surface area (Å²) in [7, 11) is -3.82. The Hall–Kier alpha value is -3.63. The van der Waals surface area contributed by atoms with Crippen LogP contribution < -0.4 is 14.4 Å². The maximum atomic E-state index is 14.1. The molecule has 1 heterocycles. The predicted octanol–water partition coefficient (Wildman–Crippen LogP) is 4.09. The maximum absolute atomic E-state index is 14.1. The number of nitrogens with zero attached hydrogens (tertiary/aromatic N) is 3. The minimum Gasteiger partial charge on any atom is -0.435 e. The van der Waals surface area contributed by atoms with Gasteiger partial charge in [-0.1, -0.05) is 0 Å². The van der Waals surface area contributed by atoms with E-state index < -0.39 is 28.4 Å². The van der Waals surface area contributed by atoms with Crippen molar-refractivity contribution in [2.45, 2.75) is 20.1 Å². The number of sulfonamides is 1. The van der Waals surface area contributed by atoms with Gasteiger partial charge in [0.2, 0.25) is 10.0 Å². The minimum absolute atomic E-state index is 0.0661. The lowest BCUT2D eigenvalue weighted by atomic mass is 10.1. The van der Waals surface area contributed by atoms with Crippen LogP contribution in [0.15, 0.2) is 42.5 Å². The summed E-state index contributed by atoms with van der Waals surface area (Å²) in [5.41, 5.74) is 1.02. The van der Waals surface area contributed by atoms with Crippen LogP contribution >= 0.6 is 11.3 Å². The van der Waals surface area contributed by atoms with E-state index in [0.717, 1.165) is 29.7 Å². The molecular weight excluding hydrogens is 493 g/mol. The van der Waals surface area contributed by atoms with Gasteiger partial charge in [0.1, 0.15) is 17.3 Å². The zero-order valence-electron chi connectivity index (χ0n) is 17.8. The zero-order valence-corrected chi connectivity index (χ0v) is 19.4. The van der Waals surface area contributed by atoms with Crippen molar-refractivity contribution < 1.29 is 31.1 Å². The molecular formula is C21H17F3N4O4S2. The molecule has 1 amide bonds. The van der Waals surface area contributed by atoms with Crippen LogP contribution in [0, 0.1) is 24.1 Å². The Morgan fingerprint density at radius 3 is 2.53 bits per heavy atom. The highest BCUT2D eigenvalue weighted by Gasteiger charge is 2.23. The fraction of sp³-hybridized carbons (Fsp3) is 0.190. The molecule has 1 N–H and O–H groups in total. The van der Waals surface area contributed by atoms with Crippen molar-refractivity contribution in [1.82, 2.24) is 9.71 Å². The second-order valence-electron chi connectivity index (χ2n) is 7.02. The summed E-state index contributed by atoms with van der Waals surface area (Å²) in [6.45, 7) is -1.63. The van der Waals surface area contributed by atoms with Gasteiger partial charge in [-0.25, -0.2) is 22.5 Å². The highest BCUT2D eigenvalue weighted by atomic mass is 32.2. The fourth-order valence-corrected chi connectivity index (χ4v) is 4.34. The van der Waals surface area contributed by atoms with Crippen molar-refractivity contribution in [3.63, 3.8) is 0 Å². The molecule has 0 radical (unpaired) electrons. The van der Waals surface area contributed by atoms with E-state index >= 15 is 0 Å². The molecule has 0 unspecified atom stereocenters. The molecule has 34 heavy (non-hydrogen) atoms. The quantitative estimate of drug-likeness (QED) is 0.486. The minimum atomic E-state index is -3.82. The molecule has 0 aliphatic carbocycles. The number of amides is 1. The summed E-state index contributed by atoms with van der Waals surface area (Å²) in [6.07, 6.45) is 0.833. The largest absolute Gasteiger partial charge is 0.435 e. The van der Waals surface area contributed by atoms with E-state index in [2.05, 4.69) is 9.72 Å². The van der Waals surface area contributed by atoms with E-state index in [4.69, 9.17) is 5.26 Å². The number of hydrogen-bond donors (Lipinski definition) is 1. The van der Waals surface area contributed by atoms with Gasteiger partial charge in [-0.2, -0.15) is 14.0 Å². The summed E-state index contributed by atoms with van der Waals surface area (Å²) in [4.78, 5) is 18.6. The van der Waals surface area contributed by atoms with E-state index in [9.17, 15) is 26.4 Å². The molecule has 1 aromatic heterocycles. The topological polar surface area (TPSA) is 112 Å². The summed E-state index contributed by atoms with van der Waals surface area (Å²) in [6, 6.07) is 11.5. The standard InChI is InChI=1S/C21H17F3N4O4S2/c1-12-18(19(29)27-34(2,30)31)26-21(33-12)28(16-5-3-13(10-25)4-6-16)11-14-7-15(22)9-17(8-14)32-20(23)24/h3-9,20H,11H2,1-2H3,(H,27,29). The Morgan fingerprint density at radius 1 is 1.26 bits per heavy atom. The first-order valence-electron chi connectivity index (χ1n) is 9.46. The van der Waals surface area contributed by atoms with Crippen molar-refractivity contribution in [3.05, 3.63) is 70.0 Å². The SMILES string of the molecule is Cc1sc(N(Cc2cc(F)cc(OC(F)F)c2)c2ccc(C#N)cc2)nc1C(=O)NS(C)(=O)=O. The van der Waals surface area contributed by atoms with Crippen molar-refractivity contribution >= 4 is 38.1 Å². The Balaban J connectivity index is 2.04. The fourth-order valence-electron chi connectivity index (χ4n) is 2.98. The maximum Gasteiger partial charge on any atom is 0.387 e. The van der Waals surface area contributed by atoms with Crippen LogP contribution in [0.5, 0.6) is 5.75 Å². The van der Waals surface area contributed by atoms with Gasteiger partial charge in [-0.3, -0.25) is 4.79 Å². The predicted molar refractivity (Wildman–Crippen MR) is 119 cm³/mol. The Labute approximate surface area is 197 Å². The average molecular weight is 511 g/mol. The number of alkyl halides is 2. The first-order valence-corrected chi connectivity index (χ1v) is 12.2. The van der Waals surface area contributed by atoms with Crippen molar-refractivity contribution in [1.29, 1.82) is 5.26 Å². The number of benzene rings is 2. The molecule has 3 rings (SSSR count). The second-order valence-corrected chi connectivity index (χ2v) is 9.95. The van der Waals surface area contributed by atoms with Crippen molar-refractivity contribution in [3.8, 4) is 11.8 Å². The molecule has 0 saturated heterocycles. The van der Waals surface area contributed by atoms with Gasteiger partial charge in [0, 0.05) is 16.6 Å². The second kappa shape index (κ2) is 10.1. The number of nitrogens with one attached hydrogen (secondary N) is 1. The van der Waals surface area contributed by atoms with Crippen LogP contribution in [0.4, 0.5) is 24.0 Å². The first-order chi connectivity index (χ1) is 15.9. The van der Waals surface area contributed by atoms with Crippen LogP contribution in [0.2, 0.25) is 0 Å². The molecule has 8 nitrogen and oxygen atoms in total. The van der Waals surface area contributed by atoms with Gasteiger partial charge in [0.25, 0.3) is 5.91 Å². The molecule has 0 atom stereocenters. The van der Waals surface area contributed by atoms with Crippen molar-refractivity contribution in [2.75, 3.05) is 11.2 Å². The number of halogens is 3. The molecule has 0 fully saturated rings. The number of anilines is 2. The molecule has 0 aliphatic rings. The number of hydrogen-bond acceptors (Lipinski definition) is 8. The average Bonchev–Trinajstić information content (AvgIpc) is 3.11. The van der Waals surface area contributed by atoms with Crippen LogP contribution in [-0.4, -0.2) is 32.2 Å². The number of rotatable bonds is 8. The normalized spacial score (nSPS) is 11.2. The van der Waals surface area contributed by atoms with Gasteiger partial charge in [0.15, 0.2) is 5.13 Å². The van der Waals surface area contributed by atoms with E-state index in [1.165, 1.54) is 18.2 Å². The lowest BCUT2D eigenvalue weighted by Gasteiger charge is -2.22. The van der Waals surface area contributed by atoms with Gasteiger partial charge >= 0.3 is 6.61 Å². The molecule has 0 spiro atoms. The third-order valence-corrected chi connectivity index (χ3v) is 5.86. The summed E-state index contributed by atoms with van der Waals surface area (Å²) < 4.78 is 68.3. The van der Waals surface area contributed by atoms with Crippen LogP contribution in [0.25, 0.3) is 0 Å². The molecule has 2 aromatic carbocycles. The van der Waals surface area contributed by atoms with E-state index in [1.54, 1.807) is 24.0 Å². The Morgan fingerprint density at radius 2 is 1.94 bits per heavy atom. The summed E-state index contributed by atoms with van der Waals surface area (Å²) in [5, 5.41) is 9.31. The van der Waals surface area contributed by atoms with E-state index in [-0.39, 0.29) is 28.7 Å². The van der Waals surface area contributed by atoms with Crippen LogP contribution in [0.3, 0.4) is 0 Å². The molecule has 0 saturated carbocycles. The zero-order chi connectivity index (χ0) is 25.0. The van der Waals surface area contributed by atoms with Gasteiger partial charge < -0.3 is 9.64 Å². The first kappa shape index (κ1) is 25.0. The molecule has 178 valence electrons. The lowest BCUT2D eigenvalue weighted by molar-refractivity contribution is -0.0500. The summed E-state index contributed by atoms with van der Waals surface area (Å²) in [5.74, 6) is -2.08. The smallest absolute Gasteiger partial charge is 0.387 e. The van der Waals surface area contributed by atoms with Gasteiger partial charge in [-0.15, -0.1) is 11.3 Å². The van der Waals surface area contributed by atoms with E-state index in [0.29, 0.717) is 16.1 Å². The van der Waals surface area contributed by atoms with E-state index in [1.807, 2.05) is 10.8 Å². The van der Waals surface area contributed by atoms with Gasteiger partial charge in [0.05, 0.1) is 24.4 Å². The lowest BCUT2D eigenvalue weighted by Crippen LogP contribution is -2.30. The van der Waals surface area contributed by atoms with Crippen LogP contribution in [-0.2, 0) is 16.6 Å². The number of thiazole rings is 1. The third kappa shape index (κ3) is 6.46. The monoisotopic (exact) mass is 510 g/mol. The number of nitriles is 1. The van der Waals surface area contributed by atoms with Crippen LogP contribution in [0.1, 0.15) is 26.5 Å². The Kier molecular flexibility index (Phi) is 7.43. The number of carbonyl (C=O) groups excluding carboxylic acids is 1. The molecule has 3 aromatic rings. The molecule has 13 heteroatoms. The highest BCUT2D eigenvalue weighted by Crippen LogP contribution is 2.34. The summed E-state index contributed by atoms with van der Waals surface area (Å²) >= 11 is 1.07.